The number of hydrogen-bond acceptors (Lipinski definition) is 0. The summed E-state index contributed by atoms with van der Waals surface area (Å²) in [5.41, 5.74) is 0. The van der Waals surface area contributed by atoms with E-state index in [1.807, 2.05) is 0 Å². The zero-order chi connectivity index (χ0) is 5.44. The van der Waals surface area contributed by atoms with Crippen molar-refractivity contribution in [2.75, 3.05) is 0 Å². The first-order chi connectivity index (χ1) is 3.22. The number of rotatable bonds is 0. The Hall–Kier alpha value is -0.730. The van der Waals surface area contributed by atoms with Crippen LogP contribution in [0.15, 0.2) is 23.6 Å². The van der Waals surface area contributed by atoms with Gasteiger partial charge in [-0.3, -0.25) is 0 Å². The highest BCUT2D eigenvalue weighted by Gasteiger charge is 2.19. The van der Waals surface area contributed by atoms with Crippen LogP contribution in [0.1, 0.15) is 0 Å². The summed E-state index contributed by atoms with van der Waals surface area (Å²) >= 11 is 0. The molecule has 1 rings (SSSR count). The fourth-order valence-electron chi connectivity index (χ4n) is 0.274. The molecule has 0 fully saturated rings. The third kappa shape index (κ3) is 0.444. The molecule has 0 aromatic heterocycles. The summed E-state index contributed by atoms with van der Waals surface area (Å²) in [4.78, 5) is 0. The molecule has 0 saturated heterocycles. The Balaban J connectivity index is 2.73. The third-order valence-electron chi connectivity index (χ3n) is 0.673. The summed E-state index contributed by atoms with van der Waals surface area (Å²) in [6, 6.07) is 0. The molecule has 0 bridgehead atoms. The summed E-state index contributed by atoms with van der Waals surface area (Å²) in [6.07, 6.45) is 0.495. The maximum atomic E-state index is 11.4. The minimum atomic E-state index is -1.36. The van der Waals surface area contributed by atoms with Gasteiger partial charge < -0.3 is 0 Å². The minimum Gasteiger partial charge on any atom is -0.204 e. The van der Waals surface area contributed by atoms with E-state index in [0.717, 1.165) is 0 Å². The molecule has 0 spiro atoms. The predicted octanol–water partition coefficient (Wildman–Crippen LogP) is 2.00. The average molecular weight is 106 g/mol. The van der Waals surface area contributed by atoms with E-state index >= 15 is 0 Å². The monoisotopic (exact) mass is 106 g/mol. The normalized spacial score (nSPS) is 19.0. The fourth-order valence-corrected chi connectivity index (χ4v) is 0.274. The topological polar surface area (TPSA) is 0 Å². The Morgan fingerprint density at radius 3 is 1.71 bits per heavy atom. The van der Waals surface area contributed by atoms with Crippen molar-refractivity contribution in [2.24, 2.45) is 0 Å². The van der Waals surface area contributed by atoms with Gasteiger partial charge in [-0.2, -0.15) is 0 Å². The molecule has 3 heteroatoms. The van der Waals surface area contributed by atoms with E-state index in [4.69, 9.17) is 0 Å². The number of hydrogen-bond donors (Lipinski definition) is 0. The minimum absolute atomic E-state index is 0.495. The molecule has 0 aromatic carbocycles. The van der Waals surface area contributed by atoms with Crippen molar-refractivity contribution >= 4 is 0 Å². The smallest absolute Gasteiger partial charge is 0.194 e. The van der Waals surface area contributed by atoms with Gasteiger partial charge in [-0.15, -0.1) is 0 Å². The van der Waals surface area contributed by atoms with Gasteiger partial charge in [0.05, 0.1) is 0 Å². The molecule has 0 amide bonds. The largest absolute Gasteiger partial charge is 0.204 e. The SMILES string of the molecule is FC1=CC(F)=C1F. The van der Waals surface area contributed by atoms with Crippen molar-refractivity contribution in [1.29, 1.82) is 0 Å². The van der Waals surface area contributed by atoms with Crippen LogP contribution in [0.4, 0.5) is 13.2 Å². The molecule has 0 heterocycles. The van der Waals surface area contributed by atoms with Gasteiger partial charge in [0.2, 0.25) is 0 Å². The van der Waals surface area contributed by atoms with Crippen LogP contribution in [0.3, 0.4) is 0 Å². The van der Waals surface area contributed by atoms with E-state index in [9.17, 15) is 13.2 Å². The van der Waals surface area contributed by atoms with Crippen LogP contribution >= 0.6 is 0 Å². The Morgan fingerprint density at radius 2 is 1.71 bits per heavy atom. The Morgan fingerprint density at radius 1 is 1.14 bits per heavy atom. The second kappa shape index (κ2) is 1.12. The van der Waals surface area contributed by atoms with Crippen LogP contribution in [0.25, 0.3) is 0 Å². The zero-order valence-corrected chi connectivity index (χ0v) is 3.21. The summed E-state index contributed by atoms with van der Waals surface area (Å²) in [5.74, 6) is -3.56. The van der Waals surface area contributed by atoms with E-state index in [2.05, 4.69) is 0 Å². The molecule has 0 N–H and O–H groups in total. The van der Waals surface area contributed by atoms with Crippen molar-refractivity contribution in [3.05, 3.63) is 23.6 Å². The Labute approximate surface area is 37.9 Å². The van der Waals surface area contributed by atoms with Crippen LogP contribution in [0.5, 0.6) is 0 Å². The van der Waals surface area contributed by atoms with Gasteiger partial charge in [-0.25, -0.2) is 13.2 Å². The maximum absolute atomic E-state index is 11.4. The van der Waals surface area contributed by atoms with Gasteiger partial charge in [0.25, 0.3) is 0 Å². The summed E-state index contributed by atoms with van der Waals surface area (Å²) in [5, 5.41) is 0. The van der Waals surface area contributed by atoms with Crippen LogP contribution in [0.2, 0.25) is 0 Å². The highest BCUT2D eigenvalue weighted by Crippen LogP contribution is 2.29. The summed E-state index contributed by atoms with van der Waals surface area (Å²) in [7, 11) is 0. The fraction of sp³-hybridized carbons (Fsp3) is 0. The molecule has 0 saturated carbocycles. The van der Waals surface area contributed by atoms with Gasteiger partial charge in [-0.1, -0.05) is 0 Å². The van der Waals surface area contributed by atoms with E-state index in [-0.39, 0.29) is 0 Å². The molecule has 0 aliphatic heterocycles. The van der Waals surface area contributed by atoms with E-state index in [1.165, 1.54) is 0 Å². The van der Waals surface area contributed by atoms with Crippen molar-refractivity contribution < 1.29 is 13.2 Å². The molecule has 0 nitrogen and oxygen atoms in total. The molecule has 0 atom stereocenters. The van der Waals surface area contributed by atoms with Crippen molar-refractivity contribution in [1.82, 2.24) is 0 Å². The molecule has 1 aliphatic carbocycles. The highest BCUT2D eigenvalue weighted by molar-refractivity contribution is 5.40. The highest BCUT2D eigenvalue weighted by atomic mass is 19.2. The van der Waals surface area contributed by atoms with E-state index in [1.54, 1.807) is 0 Å². The first-order valence-corrected chi connectivity index (χ1v) is 1.64. The molecule has 38 valence electrons. The predicted molar refractivity (Wildman–Crippen MR) is 18.4 cm³/mol. The lowest BCUT2D eigenvalue weighted by Gasteiger charge is -2.00. The Bertz CT molecular complexity index is 154. The first-order valence-electron chi connectivity index (χ1n) is 1.64. The van der Waals surface area contributed by atoms with Gasteiger partial charge in [-0.05, 0) is 0 Å². The maximum Gasteiger partial charge on any atom is 0.194 e. The van der Waals surface area contributed by atoms with Gasteiger partial charge in [0.1, 0.15) is 0 Å². The second-order valence-electron chi connectivity index (χ2n) is 1.15. The van der Waals surface area contributed by atoms with E-state index < -0.39 is 17.5 Å². The second-order valence-corrected chi connectivity index (χ2v) is 1.15. The average Bonchev–Trinajstić information content (AvgIpc) is 1.68. The molecule has 7 heavy (non-hydrogen) atoms. The van der Waals surface area contributed by atoms with Crippen LogP contribution in [-0.4, -0.2) is 0 Å². The third-order valence-corrected chi connectivity index (χ3v) is 0.673. The first kappa shape index (κ1) is 4.43. The van der Waals surface area contributed by atoms with E-state index in [0.29, 0.717) is 6.08 Å². The number of allylic oxidation sites excluding steroid dienone is 4. The van der Waals surface area contributed by atoms with Crippen molar-refractivity contribution in [3.8, 4) is 0 Å². The Kier molecular flexibility index (Phi) is 0.708. The van der Waals surface area contributed by atoms with Gasteiger partial charge in [0.15, 0.2) is 17.5 Å². The van der Waals surface area contributed by atoms with Gasteiger partial charge >= 0.3 is 0 Å². The lowest BCUT2D eigenvalue weighted by atomic mass is 10.2. The van der Waals surface area contributed by atoms with Crippen molar-refractivity contribution in [2.45, 2.75) is 0 Å². The van der Waals surface area contributed by atoms with Crippen LogP contribution < -0.4 is 0 Å². The van der Waals surface area contributed by atoms with Crippen molar-refractivity contribution in [3.63, 3.8) is 0 Å². The van der Waals surface area contributed by atoms with Crippen LogP contribution in [0, 0.1) is 0 Å². The van der Waals surface area contributed by atoms with Gasteiger partial charge in [0, 0.05) is 6.08 Å². The lowest BCUT2D eigenvalue weighted by Crippen LogP contribution is -1.89. The number of halogens is 3. The van der Waals surface area contributed by atoms with Crippen LogP contribution in [-0.2, 0) is 0 Å². The molecule has 0 radical (unpaired) electrons. The quantitative estimate of drug-likeness (QED) is 0.443. The summed E-state index contributed by atoms with van der Waals surface area (Å²) < 4.78 is 34.1. The lowest BCUT2D eigenvalue weighted by molar-refractivity contribution is 0.471. The molecular formula is C4HF3. The zero-order valence-electron chi connectivity index (χ0n) is 3.21. The standard InChI is InChI=1S/C4HF3/c5-2-1-3(6)4(2)7/h1H. The molecule has 0 unspecified atom stereocenters. The summed E-state index contributed by atoms with van der Waals surface area (Å²) in [6.45, 7) is 0. The molecular weight excluding hydrogens is 105 g/mol. The molecule has 0 aromatic rings. The molecule has 1 aliphatic rings.